The highest BCUT2D eigenvalue weighted by atomic mass is 79.9. The fraction of sp³-hybridized carbons (Fsp3) is 0.167. The lowest BCUT2D eigenvalue weighted by molar-refractivity contribution is -0.479. The second-order valence-corrected chi connectivity index (χ2v) is 10.5. The summed E-state index contributed by atoms with van der Waals surface area (Å²) in [5, 5.41) is 20.7. The van der Waals surface area contributed by atoms with Crippen LogP contribution in [-0.2, 0) is 6.61 Å². The fourth-order valence-corrected chi connectivity index (χ4v) is 5.55. The van der Waals surface area contributed by atoms with Gasteiger partial charge in [0.2, 0.25) is 6.54 Å². The van der Waals surface area contributed by atoms with Crippen molar-refractivity contribution in [3.63, 3.8) is 0 Å². The van der Waals surface area contributed by atoms with E-state index in [0.717, 1.165) is 5.56 Å². The number of nitrogens with zero attached hydrogens (tertiary/aromatic N) is 4. The van der Waals surface area contributed by atoms with Crippen molar-refractivity contribution in [3.8, 4) is 11.4 Å². The summed E-state index contributed by atoms with van der Waals surface area (Å²) < 4.78 is 21.7. The molecule has 0 saturated carbocycles. The molecule has 0 aliphatic carbocycles. The van der Waals surface area contributed by atoms with Crippen LogP contribution in [0.4, 0.5) is 4.39 Å². The molecule has 0 N–H and O–H groups in total. The standard InChI is InChI=1S/C24H18BrCl2FN4O3S/c1-14-29-30-24(32(14)19-7-5-18(28)6-8-19)36-23(12-31(33)34)15-3-9-22(20(25)10-15)35-13-16-2-4-17(26)11-21(16)27/h2-11,23H,12-13H2,1H3/t23-/m1/s1. The highest BCUT2D eigenvalue weighted by molar-refractivity contribution is 9.10. The molecule has 4 aromatic rings. The van der Waals surface area contributed by atoms with Gasteiger partial charge in [0.1, 0.15) is 29.2 Å². The minimum atomic E-state index is -0.571. The minimum Gasteiger partial charge on any atom is -0.488 e. The van der Waals surface area contributed by atoms with Crippen molar-refractivity contribution in [1.29, 1.82) is 0 Å². The molecular formula is C24H18BrCl2FN4O3S. The molecule has 0 unspecified atom stereocenters. The van der Waals surface area contributed by atoms with Gasteiger partial charge >= 0.3 is 0 Å². The average Bonchev–Trinajstić information content (AvgIpc) is 3.19. The van der Waals surface area contributed by atoms with Crippen molar-refractivity contribution < 1.29 is 14.1 Å². The van der Waals surface area contributed by atoms with Crippen LogP contribution in [0.2, 0.25) is 10.0 Å². The van der Waals surface area contributed by atoms with E-state index in [1.165, 1.54) is 23.9 Å². The van der Waals surface area contributed by atoms with Crippen LogP contribution in [-0.4, -0.2) is 26.2 Å². The molecular weight excluding hydrogens is 594 g/mol. The fourth-order valence-electron chi connectivity index (χ4n) is 3.41. The maximum Gasteiger partial charge on any atom is 0.220 e. The topological polar surface area (TPSA) is 83.1 Å². The Morgan fingerprint density at radius 3 is 2.56 bits per heavy atom. The van der Waals surface area contributed by atoms with Crippen LogP contribution in [0.5, 0.6) is 5.75 Å². The van der Waals surface area contributed by atoms with E-state index in [4.69, 9.17) is 27.9 Å². The molecule has 36 heavy (non-hydrogen) atoms. The van der Waals surface area contributed by atoms with Gasteiger partial charge in [0.05, 0.1) is 4.47 Å². The Labute approximate surface area is 228 Å². The molecule has 0 spiro atoms. The first-order valence-corrected chi connectivity index (χ1v) is 13.0. The van der Waals surface area contributed by atoms with E-state index < -0.39 is 5.25 Å². The van der Waals surface area contributed by atoms with Crippen LogP contribution >= 0.6 is 50.9 Å². The second kappa shape index (κ2) is 11.6. The summed E-state index contributed by atoms with van der Waals surface area (Å²) >= 11 is 16.9. The molecule has 1 aromatic heterocycles. The number of ether oxygens (including phenoxy) is 1. The number of aryl methyl sites for hydroxylation is 1. The highest BCUT2D eigenvalue weighted by Gasteiger charge is 2.24. The summed E-state index contributed by atoms with van der Waals surface area (Å²) in [5.74, 6) is 0.769. The molecule has 1 heterocycles. The molecule has 4 rings (SSSR count). The predicted molar refractivity (Wildman–Crippen MR) is 141 cm³/mol. The normalized spacial score (nSPS) is 11.9. The number of rotatable bonds is 9. The molecule has 0 aliphatic rings. The van der Waals surface area contributed by atoms with Crippen LogP contribution in [0.1, 0.15) is 22.2 Å². The molecule has 3 aromatic carbocycles. The van der Waals surface area contributed by atoms with Gasteiger partial charge in [-0.25, -0.2) is 4.39 Å². The largest absolute Gasteiger partial charge is 0.488 e. The van der Waals surface area contributed by atoms with Gasteiger partial charge in [0.25, 0.3) is 0 Å². The predicted octanol–water partition coefficient (Wildman–Crippen LogP) is 7.47. The summed E-state index contributed by atoms with van der Waals surface area (Å²) in [7, 11) is 0. The summed E-state index contributed by atoms with van der Waals surface area (Å²) in [6, 6.07) is 16.4. The van der Waals surface area contributed by atoms with E-state index in [2.05, 4.69) is 26.1 Å². The van der Waals surface area contributed by atoms with Gasteiger partial charge < -0.3 is 4.74 Å². The molecule has 0 aliphatic heterocycles. The third-order valence-electron chi connectivity index (χ3n) is 5.17. The van der Waals surface area contributed by atoms with Gasteiger partial charge in [-0.05, 0) is 76.9 Å². The van der Waals surface area contributed by atoms with Gasteiger partial charge in [-0.3, -0.25) is 14.7 Å². The lowest BCUT2D eigenvalue weighted by Gasteiger charge is -2.16. The second-order valence-electron chi connectivity index (χ2n) is 7.68. The molecule has 0 amide bonds. The van der Waals surface area contributed by atoms with E-state index in [1.807, 2.05) is 0 Å². The molecule has 12 heteroatoms. The SMILES string of the molecule is Cc1nnc(S[C@H](C[N+](=O)[O-])c2ccc(OCc3ccc(Cl)cc3Cl)c(Br)c2)n1-c1ccc(F)cc1. The van der Waals surface area contributed by atoms with E-state index in [-0.39, 0.29) is 23.9 Å². The Morgan fingerprint density at radius 1 is 1.14 bits per heavy atom. The first-order valence-electron chi connectivity index (χ1n) is 10.5. The monoisotopic (exact) mass is 610 g/mol. The molecule has 0 saturated heterocycles. The van der Waals surface area contributed by atoms with Crippen LogP contribution in [0.15, 0.2) is 70.3 Å². The summed E-state index contributed by atoms with van der Waals surface area (Å²) in [4.78, 5) is 11.1. The molecule has 0 bridgehead atoms. The maximum atomic E-state index is 13.4. The lowest BCUT2D eigenvalue weighted by atomic mass is 10.1. The zero-order valence-corrected chi connectivity index (χ0v) is 22.6. The number of aromatic nitrogens is 3. The summed E-state index contributed by atoms with van der Waals surface area (Å²) in [6.07, 6.45) is 0. The maximum absolute atomic E-state index is 13.4. The van der Waals surface area contributed by atoms with E-state index in [1.54, 1.807) is 60.0 Å². The number of benzene rings is 3. The smallest absolute Gasteiger partial charge is 0.220 e. The number of hydrogen-bond acceptors (Lipinski definition) is 6. The van der Waals surface area contributed by atoms with Crippen LogP contribution < -0.4 is 4.74 Å². The first-order chi connectivity index (χ1) is 17.2. The van der Waals surface area contributed by atoms with Crippen LogP contribution in [0, 0.1) is 22.9 Å². The number of hydrogen-bond donors (Lipinski definition) is 0. The zero-order chi connectivity index (χ0) is 25.8. The van der Waals surface area contributed by atoms with Gasteiger partial charge in [-0.2, -0.15) is 0 Å². The molecule has 0 fully saturated rings. The molecule has 7 nitrogen and oxygen atoms in total. The first kappa shape index (κ1) is 26.4. The van der Waals surface area contributed by atoms with Crippen molar-refractivity contribution in [3.05, 3.63) is 108 Å². The quantitative estimate of drug-likeness (QED) is 0.111. The van der Waals surface area contributed by atoms with Gasteiger partial charge in [-0.1, -0.05) is 47.1 Å². The van der Waals surface area contributed by atoms with Gasteiger partial charge in [0.15, 0.2) is 5.16 Å². The van der Waals surface area contributed by atoms with Crippen LogP contribution in [0.3, 0.4) is 0 Å². The Morgan fingerprint density at radius 2 is 1.89 bits per heavy atom. The minimum absolute atomic E-state index is 0.223. The lowest BCUT2D eigenvalue weighted by Crippen LogP contribution is -2.11. The molecule has 1 atom stereocenters. The van der Waals surface area contributed by atoms with Crippen molar-refractivity contribution in [2.75, 3.05) is 6.54 Å². The molecule has 186 valence electrons. The Balaban J connectivity index is 1.57. The Kier molecular flexibility index (Phi) is 8.50. The van der Waals surface area contributed by atoms with Crippen molar-refractivity contribution in [1.82, 2.24) is 14.8 Å². The van der Waals surface area contributed by atoms with Crippen LogP contribution in [0.25, 0.3) is 5.69 Å². The number of nitro groups is 1. The third kappa shape index (κ3) is 6.36. The summed E-state index contributed by atoms with van der Waals surface area (Å²) in [5.41, 5.74) is 2.13. The van der Waals surface area contributed by atoms with Crippen molar-refractivity contribution in [2.45, 2.75) is 23.9 Å². The average molecular weight is 612 g/mol. The summed E-state index contributed by atoms with van der Waals surface area (Å²) in [6.45, 7) is 1.65. The van der Waals surface area contributed by atoms with E-state index in [0.29, 0.717) is 42.5 Å². The number of halogens is 4. The Bertz CT molecular complexity index is 1400. The number of thioether (sulfide) groups is 1. The Hall–Kier alpha value is -2.66. The van der Waals surface area contributed by atoms with E-state index >= 15 is 0 Å². The third-order valence-corrected chi connectivity index (χ3v) is 7.56. The van der Waals surface area contributed by atoms with Crippen molar-refractivity contribution >= 4 is 50.9 Å². The van der Waals surface area contributed by atoms with Gasteiger partial charge in [-0.15, -0.1) is 10.2 Å². The highest BCUT2D eigenvalue weighted by Crippen LogP contribution is 2.39. The van der Waals surface area contributed by atoms with Gasteiger partial charge in [0, 0.05) is 26.2 Å². The van der Waals surface area contributed by atoms with Crippen molar-refractivity contribution in [2.24, 2.45) is 0 Å². The van der Waals surface area contributed by atoms with E-state index in [9.17, 15) is 14.5 Å². The zero-order valence-electron chi connectivity index (χ0n) is 18.7. The molecule has 0 radical (unpaired) electrons.